The van der Waals surface area contributed by atoms with Gasteiger partial charge < -0.3 is 10.6 Å². The predicted octanol–water partition coefficient (Wildman–Crippen LogP) is 3.89. The molecule has 1 heterocycles. The van der Waals surface area contributed by atoms with Gasteiger partial charge in [0, 0.05) is 26.3 Å². The minimum absolute atomic E-state index is 0.0611. The Labute approximate surface area is 176 Å². The summed E-state index contributed by atoms with van der Waals surface area (Å²) in [4.78, 5) is 21.4. The van der Waals surface area contributed by atoms with E-state index in [2.05, 4.69) is 15.9 Å². The van der Waals surface area contributed by atoms with Crippen molar-refractivity contribution in [1.29, 1.82) is 5.26 Å². The molecule has 6 nitrogen and oxygen atoms in total. The van der Waals surface area contributed by atoms with E-state index in [0.717, 1.165) is 16.7 Å². The first-order chi connectivity index (χ1) is 13.9. The van der Waals surface area contributed by atoms with Crippen molar-refractivity contribution in [3.8, 4) is 6.07 Å². The fourth-order valence-electron chi connectivity index (χ4n) is 2.92. The maximum atomic E-state index is 11.4. The van der Waals surface area contributed by atoms with Crippen LogP contribution in [0.1, 0.15) is 35.6 Å². The number of aromatic nitrogens is 1. The molecule has 0 unspecified atom stereocenters. The van der Waals surface area contributed by atoms with Crippen molar-refractivity contribution in [2.24, 2.45) is 5.73 Å². The van der Waals surface area contributed by atoms with Gasteiger partial charge in [0.25, 0.3) is 0 Å². The number of benzene rings is 1. The van der Waals surface area contributed by atoms with E-state index in [0.29, 0.717) is 47.1 Å². The highest BCUT2D eigenvalue weighted by molar-refractivity contribution is 7.98. The second kappa shape index (κ2) is 10.6. The Morgan fingerprint density at radius 3 is 2.48 bits per heavy atom. The van der Waals surface area contributed by atoms with Gasteiger partial charge in [-0.2, -0.15) is 5.26 Å². The number of Topliss-reactive ketones (excluding diaryl/α,β-unsaturated/α-hetero) is 1. The molecule has 2 N–H and O–H groups in total. The first kappa shape index (κ1) is 22.4. The fourth-order valence-corrected chi connectivity index (χ4v) is 3.88. The molecular weight excluding hydrogens is 382 g/mol. The van der Waals surface area contributed by atoms with E-state index in [1.807, 2.05) is 50.2 Å². The summed E-state index contributed by atoms with van der Waals surface area (Å²) in [6.07, 6.45) is 1.75. The molecule has 0 aliphatic rings. The Balaban J connectivity index is 2.22. The second-order valence-corrected chi connectivity index (χ2v) is 7.73. The number of carbonyl (C=O) groups excluding carboxylic acids is 1. The van der Waals surface area contributed by atoms with Gasteiger partial charge in [-0.05, 0) is 29.5 Å². The molecule has 0 saturated heterocycles. The van der Waals surface area contributed by atoms with E-state index < -0.39 is 0 Å². The number of carbonyl (C=O) groups is 1. The van der Waals surface area contributed by atoms with Crippen molar-refractivity contribution < 1.29 is 4.79 Å². The predicted molar refractivity (Wildman–Crippen MR) is 117 cm³/mol. The summed E-state index contributed by atoms with van der Waals surface area (Å²) in [7, 11) is 3.70. The number of hydrogen-bond acceptors (Lipinski definition) is 6. The van der Waals surface area contributed by atoms with E-state index in [1.54, 1.807) is 0 Å². The minimum Gasteiger partial charge on any atom is -0.371 e. The van der Waals surface area contributed by atoms with Crippen molar-refractivity contribution in [3.05, 3.63) is 57.9 Å². The Morgan fingerprint density at radius 1 is 1.31 bits per heavy atom. The molecule has 0 aliphatic carbocycles. The Kier molecular flexibility index (Phi) is 8.21. The SMILES string of the molecule is [C-]#[N+]c1c(N(C)C)nc(SCc2ccc(CCC(=O)CN)cc2)c(C#N)c1CC. The highest BCUT2D eigenvalue weighted by atomic mass is 32.2. The first-order valence-electron chi connectivity index (χ1n) is 9.39. The van der Waals surface area contributed by atoms with Crippen molar-refractivity contribution >= 4 is 29.1 Å². The van der Waals surface area contributed by atoms with Crippen LogP contribution in [0.25, 0.3) is 4.85 Å². The lowest BCUT2D eigenvalue weighted by Crippen LogP contribution is -2.13. The highest BCUT2D eigenvalue weighted by Crippen LogP contribution is 2.38. The van der Waals surface area contributed by atoms with Gasteiger partial charge in [0.2, 0.25) is 5.69 Å². The number of nitriles is 1. The van der Waals surface area contributed by atoms with Crippen LogP contribution in [0, 0.1) is 17.9 Å². The molecule has 0 atom stereocenters. The number of nitrogens with zero attached hydrogens (tertiary/aromatic N) is 4. The summed E-state index contributed by atoms with van der Waals surface area (Å²) in [5.74, 6) is 1.32. The molecule has 29 heavy (non-hydrogen) atoms. The van der Waals surface area contributed by atoms with Crippen LogP contribution in [0.5, 0.6) is 0 Å². The zero-order valence-corrected chi connectivity index (χ0v) is 17.8. The highest BCUT2D eigenvalue weighted by Gasteiger charge is 2.20. The van der Waals surface area contributed by atoms with E-state index in [1.165, 1.54) is 11.8 Å². The zero-order valence-electron chi connectivity index (χ0n) is 17.0. The summed E-state index contributed by atoms with van der Waals surface area (Å²) < 4.78 is 0. The van der Waals surface area contributed by atoms with Gasteiger partial charge in [-0.25, -0.2) is 9.83 Å². The summed E-state index contributed by atoms with van der Waals surface area (Å²) in [5, 5.41) is 10.3. The smallest absolute Gasteiger partial charge is 0.232 e. The van der Waals surface area contributed by atoms with Crippen molar-refractivity contribution in [2.45, 2.75) is 37.0 Å². The van der Waals surface area contributed by atoms with E-state index >= 15 is 0 Å². The molecule has 0 amide bonds. The lowest BCUT2D eigenvalue weighted by atomic mass is 10.1. The largest absolute Gasteiger partial charge is 0.371 e. The molecule has 0 aliphatic heterocycles. The van der Waals surface area contributed by atoms with Crippen LogP contribution in [0.3, 0.4) is 0 Å². The van der Waals surface area contributed by atoms with Crippen LogP contribution < -0.4 is 10.6 Å². The quantitative estimate of drug-likeness (QED) is 0.501. The third-order valence-corrected chi connectivity index (χ3v) is 5.59. The van der Waals surface area contributed by atoms with Gasteiger partial charge in [0.1, 0.15) is 22.7 Å². The zero-order chi connectivity index (χ0) is 21.4. The normalized spacial score (nSPS) is 10.3. The molecule has 1 aromatic carbocycles. The summed E-state index contributed by atoms with van der Waals surface area (Å²) in [6, 6.07) is 10.3. The van der Waals surface area contributed by atoms with Crippen LogP contribution in [-0.2, 0) is 23.4 Å². The van der Waals surface area contributed by atoms with Gasteiger partial charge in [0.05, 0.1) is 18.7 Å². The van der Waals surface area contributed by atoms with E-state index in [4.69, 9.17) is 12.3 Å². The molecule has 150 valence electrons. The van der Waals surface area contributed by atoms with E-state index in [9.17, 15) is 10.1 Å². The van der Waals surface area contributed by atoms with Gasteiger partial charge in [-0.15, -0.1) is 11.8 Å². The molecule has 0 bridgehead atoms. The van der Waals surface area contributed by atoms with Crippen molar-refractivity contribution in [3.63, 3.8) is 0 Å². The molecule has 0 radical (unpaired) electrons. The van der Waals surface area contributed by atoms with Crippen LogP contribution in [0.2, 0.25) is 0 Å². The topological polar surface area (TPSA) is 87.4 Å². The monoisotopic (exact) mass is 407 g/mol. The molecule has 0 spiro atoms. The van der Waals surface area contributed by atoms with Gasteiger partial charge >= 0.3 is 0 Å². The fraction of sp³-hybridized carbons (Fsp3) is 0.364. The third-order valence-electron chi connectivity index (χ3n) is 4.54. The molecule has 1 aromatic heterocycles. The number of anilines is 1. The summed E-state index contributed by atoms with van der Waals surface area (Å²) in [6.45, 7) is 9.55. The van der Waals surface area contributed by atoms with Crippen LogP contribution in [0.15, 0.2) is 29.3 Å². The van der Waals surface area contributed by atoms with E-state index in [-0.39, 0.29) is 12.3 Å². The minimum atomic E-state index is 0.0611. The average molecular weight is 408 g/mol. The number of ketones is 1. The number of nitrogens with two attached hydrogens (primary N) is 1. The first-order valence-corrected chi connectivity index (χ1v) is 10.4. The third kappa shape index (κ3) is 5.57. The van der Waals surface area contributed by atoms with Gasteiger partial charge in [-0.3, -0.25) is 4.79 Å². The molecule has 7 heteroatoms. The molecule has 0 saturated carbocycles. The van der Waals surface area contributed by atoms with Crippen LogP contribution in [0.4, 0.5) is 11.5 Å². The number of rotatable bonds is 9. The van der Waals surface area contributed by atoms with Crippen LogP contribution in [-0.4, -0.2) is 31.4 Å². The van der Waals surface area contributed by atoms with Crippen molar-refractivity contribution in [2.75, 3.05) is 25.5 Å². The maximum absolute atomic E-state index is 11.4. The number of pyridine rings is 1. The summed E-state index contributed by atoms with van der Waals surface area (Å²) >= 11 is 1.50. The standard InChI is InChI=1S/C22H25N5OS/c1-5-18-19(13-24)22(26-21(27(3)4)20(18)25-2)29-14-16-8-6-15(7-9-16)10-11-17(28)12-23/h6-9H,5,10-12,14,23H2,1,3-4H3. The van der Waals surface area contributed by atoms with Gasteiger partial charge in [-0.1, -0.05) is 31.2 Å². The summed E-state index contributed by atoms with van der Waals surface area (Å²) in [5.41, 5.74) is 9.25. The van der Waals surface area contributed by atoms with Crippen molar-refractivity contribution in [1.82, 2.24) is 4.98 Å². The second-order valence-electron chi connectivity index (χ2n) is 6.76. The maximum Gasteiger partial charge on any atom is 0.232 e. The molecule has 2 rings (SSSR count). The Morgan fingerprint density at radius 2 is 1.97 bits per heavy atom. The van der Waals surface area contributed by atoms with Crippen LogP contribution >= 0.6 is 11.8 Å². The Bertz CT molecular complexity index is 955. The molecule has 0 fully saturated rings. The lowest BCUT2D eigenvalue weighted by Gasteiger charge is -2.18. The molecule has 2 aromatic rings. The number of thioether (sulfide) groups is 1. The van der Waals surface area contributed by atoms with Gasteiger partial charge in [0.15, 0.2) is 0 Å². The number of aryl methyl sites for hydroxylation is 1. The average Bonchev–Trinajstić information content (AvgIpc) is 2.75. The lowest BCUT2D eigenvalue weighted by molar-refractivity contribution is -0.117. The Hall–Kier alpha value is -2.87. The molecular formula is C22H25N5OS. The number of hydrogen-bond donors (Lipinski definition) is 1.